The first-order valence-corrected chi connectivity index (χ1v) is 5.68. The van der Waals surface area contributed by atoms with Gasteiger partial charge >= 0.3 is 0 Å². The van der Waals surface area contributed by atoms with Crippen LogP contribution in [0.4, 0.5) is 0 Å². The summed E-state index contributed by atoms with van der Waals surface area (Å²) in [6.07, 6.45) is 1.49. The van der Waals surface area contributed by atoms with Crippen molar-refractivity contribution >= 4 is 17.4 Å². The highest BCUT2D eigenvalue weighted by Crippen LogP contribution is 2.21. The third-order valence-corrected chi connectivity index (χ3v) is 3.24. The molecule has 3 nitrogen and oxygen atoms in total. The molecule has 0 spiro atoms. The predicted molar refractivity (Wildman–Crippen MR) is 67.6 cm³/mol. The quantitative estimate of drug-likeness (QED) is 0.766. The van der Waals surface area contributed by atoms with Gasteiger partial charge in [0.2, 0.25) is 5.78 Å². The Kier molecular flexibility index (Phi) is 3.03. The number of halogens is 1. The van der Waals surface area contributed by atoms with Crippen molar-refractivity contribution in [2.75, 3.05) is 0 Å². The number of benzene rings is 1. The van der Waals surface area contributed by atoms with Crippen LogP contribution in [0.3, 0.4) is 0 Å². The van der Waals surface area contributed by atoms with E-state index in [1.807, 2.05) is 32.0 Å². The van der Waals surface area contributed by atoms with E-state index in [1.54, 1.807) is 7.05 Å². The van der Waals surface area contributed by atoms with Crippen LogP contribution in [0.5, 0.6) is 0 Å². The zero-order valence-electron chi connectivity index (χ0n) is 9.99. The van der Waals surface area contributed by atoms with Crippen LogP contribution in [0.25, 0.3) is 0 Å². The first-order valence-electron chi connectivity index (χ1n) is 5.30. The fourth-order valence-electron chi connectivity index (χ4n) is 1.79. The maximum atomic E-state index is 12.4. The summed E-state index contributed by atoms with van der Waals surface area (Å²) in [6, 6.07) is 5.67. The highest BCUT2D eigenvalue weighted by Gasteiger charge is 2.19. The Morgan fingerprint density at radius 1 is 1.35 bits per heavy atom. The highest BCUT2D eigenvalue weighted by atomic mass is 35.5. The molecule has 0 aliphatic heterocycles. The molecule has 0 atom stereocenters. The zero-order valence-corrected chi connectivity index (χ0v) is 10.7. The molecule has 0 radical (unpaired) electrons. The van der Waals surface area contributed by atoms with E-state index in [9.17, 15) is 4.79 Å². The second-order valence-corrected chi connectivity index (χ2v) is 4.45. The van der Waals surface area contributed by atoms with Crippen LogP contribution in [-0.4, -0.2) is 15.6 Å². The number of aryl methyl sites for hydroxylation is 2. The molecule has 0 aliphatic carbocycles. The van der Waals surface area contributed by atoms with Crippen molar-refractivity contribution < 1.29 is 4.79 Å². The maximum Gasteiger partial charge on any atom is 0.212 e. The molecular weight excluding hydrogens is 236 g/mol. The molecule has 0 aliphatic rings. The zero-order chi connectivity index (χ0) is 12.6. The number of carbonyl (C=O) groups is 1. The van der Waals surface area contributed by atoms with Crippen LogP contribution in [0, 0.1) is 13.8 Å². The summed E-state index contributed by atoms with van der Waals surface area (Å²) in [5.41, 5.74) is 3.18. The van der Waals surface area contributed by atoms with Gasteiger partial charge in [0, 0.05) is 12.6 Å². The van der Waals surface area contributed by atoms with E-state index < -0.39 is 0 Å². The van der Waals surface area contributed by atoms with Crippen LogP contribution in [0.15, 0.2) is 24.4 Å². The molecule has 0 amide bonds. The van der Waals surface area contributed by atoms with E-state index in [1.165, 1.54) is 10.9 Å². The second kappa shape index (κ2) is 4.34. The smallest absolute Gasteiger partial charge is 0.212 e. The molecular formula is C13H13ClN2O. The number of carbonyl (C=O) groups excluding carboxylic acids is 1. The Labute approximate surface area is 105 Å². The first-order chi connectivity index (χ1) is 8.02. The van der Waals surface area contributed by atoms with E-state index in [2.05, 4.69) is 5.10 Å². The number of aromatic nitrogens is 2. The van der Waals surface area contributed by atoms with Crippen molar-refractivity contribution in [3.05, 3.63) is 51.8 Å². The van der Waals surface area contributed by atoms with Crippen molar-refractivity contribution in [2.45, 2.75) is 13.8 Å². The van der Waals surface area contributed by atoms with Gasteiger partial charge < -0.3 is 0 Å². The summed E-state index contributed by atoms with van der Waals surface area (Å²) in [6.45, 7) is 3.92. The minimum Gasteiger partial charge on any atom is -0.287 e. The van der Waals surface area contributed by atoms with Crippen molar-refractivity contribution in [1.82, 2.24) is 9.78 Å². The fraction of sp³-hybridized carbons (Fsp3) is 0.231. The maximum absolute atomic E-state index is 12.4. The molecule has 1 heterocycles. The Balaban J connectivity index is 2.55. The van der Waals surface area contributed by atoms with Gasteiger partial charge in [-0.1, -0.05) is 29.8 Å². The average molecular weight is 249 g/mol. The number of hydrogen-bond donors (Lipinski definition) is 0. The van der Waals surface area contributed by atoms with Crippen molar-refractivity contribution in [1.29, 1.82) is 0 Å². The summed E-state index contributed by atoms with van der Waals surface area (Å²) in [7, 11) is 1.71. The molecule has 17 heavy (non-hydrogen) atoms. The third-order valence-electron chi connectivity index (χ3n) is 2.96. The largest absolute Gasteiger partial charge is 0.287 e. The molecule has 4 heteroatoms. The Bertz CT molecular complexity index is 568. The van der Waals surface area contributed by atoms with Gasteiger partial charge in [-0.15, -0.1) is 0 Å². The highest BCUT2D eigenvalue weighted by molar-refractivity contribution is 6.34. The lowest BCUT2D eigenvalue weighted by molar-refractivity contribution is 0.103. The van der Waals surface area contributed by atoms with Crippen molar-refractivity contribution in [3.8, 4) is 0 Å². The van der Waals surface area contributed by atoms with Crippen LogP contribution in [0.1, 0.15) is 27.2 Å². The molecule has 0 N–H and O–H groups in total. The number of hydrogen-bond acceptors (Lipinski definition) is 2. The van der Waals surface area contributed by atoms with Gasteiger partial charge in [0.25, 0.3) is 0 Å². The fourth-order valence-corrected chi connectivity index (χ4v) is 2.04. The van der Waals surface area contributed by atoms with Gasteiger partial charge in [-0.25, -0.2) is 0 Å². The molecule has 1 aromatic carbocycles. The molecule has 88 valence electrons. The van der Waals surface area contributed by atoms with E-state index in [4.69, 9.17) is 11.6 Å². The van der Waals surface area contributed by atoms with E-state index in [-0.39, 0.29) is 5.78 Å². The summed E-state index contributed by atoms with van der Waals surface area (Å²) >= 11 is 5.98. The Morgan fingerprint density at radius 3 is 2.65 bits per heavy atom. The van der Waals surface area contributed by atoms with Gasteiger partial charge in [-0.05, 0) is 25.0 Å². The summed E-state index contributed by atoms with van der Waals surface area (Å²) in [5, 5.41) is 4.37. The normalized spacial score (nSPS) is 10.6. The summed E-state index contributed by atoms with van der Waals surface area (Å²) in [4.78, 5) is 12.4. The van der Waals surface area contributed by atoms with E-state index in [0.717, 1.165) is 11.1 Å². The topological polar surface area (TPSA) is 34.9 Å². The Hall–Kier alpha value is -1.61. The van der Waals surface area contributed by atoms with Gasteiger partial charge in [0.05, 0.1) is 11.2 Å². The molecule has 0 saturated heterocycles. The minimum atomic E-state index is -0.0869. The number of ketones is 1. The number of rotatable bonds is 2. The van der Waals surface area contributed by atoms with Crippen LogP contribution < -0.4 is 0 Å². The van der Waals surface area contributed by atoms with Crippen LogP contribution in [0.2, 0.25) is 5.02 Å². The lowest BCUT2D eigenvalue weighted by atomic mass is 9.99. The minimum absolute atomic E-state index is 0.0869. The van der Waals surface area contributed by atoms with Gasteiger partial charge in [0.15, 0.2) is 0 Å². The SMILES string of the molecule is Cc1cccc(C(=O)c2c(Cl)cnn2C)c1C. The monoisotopic (exact) mass is 248 g/mol. The van der Waals surface area contributed by atoms with E-state index >= 15 is 0 Å². The van der Waals surface area contributed by atoms with Crippen molar-refractivity contribution in [2.24, 2.45) is 7.05 Å². The summed E-state index contributed by atoms with van der Waals surface area (Å²) in [5.74, 6) is -0.0869. The van der Waals surface area contributed by atoms with Crippen LogP contribution in [-0.2, 0) is 7.05 Å². The van der Waals surface area contributed by atoms with Gasteiger partial charge in [-0.2, -0.15) is 5.10 Å². The lowest BCUT2D eigenvalue weighted by Crippen LogP contribution is -2.10. The molecule has 0 unspecified atom stereocenters. The standard InChI is InChI=1S/C13H13ClN2O/c1-8-5-4-6-10(9(8)2)13(17)12-11(14)7-15-16(12)3/h4-7H,1-3H3. The molecule has 2 aromatic rings. The van der Waals surface area contributed by atoms with Gasteiger partial charge in [-0.3, -0.25) is 9.48 Å². The molecule has 0 saturated carbocycles. The average Bonchev–Trinajstić information content (AvgIpc) is 2.62. The third kappa shape index (κ3) is 1.98. The molecule has 1 aromatic heterocycles. The van der Waals surface area contributed by atoms with Crippen molar-refractivity contribution in [3.63, 3.8) is 0 Å². The van der Waals surface area contributed by atoms with E-state index in [0.29, 0.717) is 16.3 Å². The van der Waals surface area contributed by atoms with Crippen LogP contribution >= 0.6 is 11.6 Å². The Morgan fingerprint density at radius 2 is 2.06 bits per heavy atom. The summed E-state index contributed by atoms with van der Waals surface area (Å²) < 4.78 is 1.51. The first kappa shape index (κ1) is 11.9. The predicted octanol–water partition coefficient (Wildman–Crippen LogP) is 2.92. The van der Waals surface area contributed by atoms with Gasteiger partial charge in [0.1, 0.15) is 5.69 Å². The number of nitrogens with zero attached hydrogens (tertiary/aromatic N) is 2. The molecule has 2 rings (SSSR count). The molecule has 0 fully saturated rings. The lowest BCUT2D eigenvalue weighted by Gasteiger charge is -2.08. The molecule has 0 bridgehead atoms. The second-order valence-electron chi connectivity index (χ2n) is 4.04.